The molecule has 0 radical (unpaired) electrons. The van der Waals surface area contributed by atoms with Crippen molar-refractivity contribution in [1.29, 1.82) is 0 Å². The normalized spacial score (nSPS) is 14.5. The number of carbonyl (C=O) groups excluding carboxylic acids is 2. The Kier molecular flexibility index (Phi) is 9.87. The van der Waals surface area contributed by atoms with Crippen molar-refractivity contribution >= 4 is 39.1 Å². The van der Waals surface area contributed by atoms with Crippen molar-refractivity contribution in [3.63, 3.8) is 0 Å². The highest BCUT2D eigenvalue weighted by Crippen LogP contribution is 2.28. The zero-order chi connectivity index (χ0) is 28.7. The Labute approximate surface area is 242 Å². The molecule has 212 valence electrons. The second-order valence-electron chi connectivity index (χ2n) is 10.4. The highest BCUT2D eigenvalue weighted by Gasteiger charge is 2.34. The average molecular weight is 582 g/mol. The van der Waals surface area contributed by atoms with Crippen LogP contribution >= 0.6 is 11.6 Å². The van der Waals surface area contributed by atoms with Crippen LogP contribution in [0.5, 0.6) is 0 Å². The zero-order valence-corrected chi connectivity index (χ0v) is 24.5. The minimum atomic E-state index is -3.87. The molecule has 1 saturated carbocycles. The van der Waals surface area contributed by atoms with Crippen LogP contribution in [0.3, 0.4) is 0 Å². The van der Waals surface area contributed by atoms with E-state index in [2.05, 4.69) is 5.32 Å². The van der Waals surface area contributed by atoms with E-state index in [9.17, 15) is 18.0 Å². The van der Waals surface area contributed by atoms with E-state index in [1.807, 2.05) is 61.5 Å². The van der Waals surface area contributed by atoms with E-state index in [0.29, 0.717) is 6.42 Å². The van der Waals surface area contributed by atoms with Crippen molar-refractivity contribution in [2.75, 3.05) is 17.1 Å². The third kappa shape index (κ3) is 7.86. The van der Waals surface area contributed by atoms with E-state index in [1.165, 1.54) is 4.90 Å². The van der Waals surface area contributed by atoms with Gasteiger partial charge in [0.15, 0.2) is 0 Å². The lowest BCUT2D eigenvalue weighted by Crippen LogP contribution is -2.54. The molecule has 1 aliphatic carbocycles. The van der Waals surface area contributed by atoms with Crippen molar-refractivity contribution in [2.45, 2.75) is 57.7 Å². The van der Waals surface area contributed by atoms with E-state index in [-0.39, 0.29) is 29.2 Å². The lowest BCUT2D eigenvalue weighted by Gasteiger charge is -2.34. The van der Waals surface area contributed by atoms with Crippen molar-refractivity contribution in [3.8, 4) is 0 Å². The van der Waals surface area contributed by atoms with Crippen LogP contribution in [0.15, 0.2) is 78.9 Å². The van der Waals surface area contributed by atoms with E-state index < -0.39 is 28.5 Å². The third-order valence-electron chi connectivity index (χ3n) is 7.21. The molecular weight excluding hydrogens is 546 g/mol. The Balaban J connectivity index is 1.73. The van der Waals surface area contributed by atoms with Crippen LogP contribution in [0, 0.1) is 6.92 Å². The van der Waals surface area contributed by atoms with Gasteiger partial charge in [0, 0.05) is 19.0 Å². The van der Waals surface area contributed by atoms with Gasteiger partial charge in [-0.1, -0.05) is 96.7 Å². The van der Waals surface area contributed by atoms with E-state index in [1.54, 1.807) is 24.3 Å². The van der Waals surface area contributed by atoms with Gasteiger partial charge in [-0.3, -0.25) is 13.9 Å². The number of rotatable bonds is 11. The molecule has 0 bridgehead atoms. The molecule has 0 saturated heterocycles. The molecular formula is C31H36ClN3O4S. The van der Waals surface area contributed by atoms with E-state index >= 15 is 0 Å². The lowest BCUT2D eigenvalue weighted by atomic mass is 10.0. The van der Waals surface area contributed by atoms with Crippen LogP contribution in [0.4, 0.5) is 5.69 Å². The number of benzene rings is 3. The van der Waals surface area contributed by atoms with Gasteiger partial charge in [-0.05, 0) is 43.0 Å². The standard InChI is InChI=1S/C31H36ClN3O4S/c1-23-11-10-14-25(19-23)21-34(30(36)22-35(40(2,38)39)28-18-9-8-17-27(28)32)29(20-24-12-4-3-5-13-24)31(37)33-26-15-6-7-16-26/h3-5,8-14,17-19,26,29H,6-7,15-16,20-22H2,1-2H3,(H,33,37)/t29-/m1/s1. The first-order valence-corrected chi connectivity index (χ1v) is 15.8. The maximum Gasteiger partial charge on any atom is 0.244 e. The second-order valence-corrected chi connectivity index (χ2v) is 12.7. The number of sulfonamides is 1. The monoisotopic (exact) mass is 581 g/mol. The number of nitrogens with zero attached hydrogens (tertiary/aromatic N) is 2. The number of aryl methyl sites for hydroxylation is 1. The van der Waals surface area contributed by atoms with Gasteiger partial charge in [-0.15, -0.1) is 0 Å². The Morgan fingerprint density at radius 3 is 2.25 bits per heavy atom. The Hall–Kier alpha value is -3.36. The smallest absolute Gasteiger partial charge is 0.244 e. The van der Waals surface area contributed by atoms with E-state index in [4.69, 9.17) is 11.6 Å². The van der Waals surface area contributed by atoms with Crippen LogP contribution in [-0.2, 0) is 32.6 Å². The summed E-state index contributed by atoms with van der Waals surface area (Å²) in [5.74, 6) is -0.727. The Morgan fingerprint density at radius 1 is 0.950 bits per heavy atom. The first-order valence-electron chi connectivity index (χ1n) is 13.5. The fourth-order valence-electron chi connectivity index (χ4n) is 5.18. The molecule has 3 aromatic rings. The molecule has 1 aliphatic rings. The minimum Gasteiger partial charge on any atom is -0.352 e. The molecule has 0 aliphatic heterocycles. The average Bonchev–Trinajstić information content (AvgIpc) is 3.43. The summed E-state index contributed by atoms with van der Waals surface area (Å²) in [5, 5.41) is 3.38. The third-order valence-corrected chi connectivity index (χ3v) is 8.65. The highest BCUT2D eigenvalue weighted by molar-refractivity contribution is 7.92. The van der Waals surface area contributed by atoms with Crippen molar-refractivity contribution in [3.05, 3.63) is 101 Å². The number of nitrogens with one attached hydrogen (secondary N) is 1. The quantitative estimate of drug-likeness (QED) is 0.341. The van der Waals surface area contributed by atoms with Crippen LogP contribution < -0.4 is 9.62 Å². The summed E-state index contributed by atoms with van der Waals surface area (Å²) in [6.45, 7) is 1.62. The molecule has 40 heavy (non-hydrogen) atoms. The molecule has 1 fully saturated rings. The van der Waals surface area contributed by atoms with Gasteiger partial charge in [-0.2, -0.15) is 0 Å². The summed E-state index contributed by atoms with van der Waals surface area (Å²) in [7, 11) is -3.87. The van der Waals surface area contributed by atoms with Crippen molar-refractivity contribution < 1.29 is 18.0 Å². The number of hydrogen-bond acceptors (Lipinski definition) is 4. The number of amides is 2. The molecule has 4 rings (SSSR count). The largest absolute Gasteiger partial charge is 0.352 e. The summed E-state index contributed by atoms with van der Waals surface area (Å²) >= 11 is 6.36. The molecule has 2 amide bonds. The van der Waals surface area contributed by atoms with E-state index in [0.717, 1.165) is 52.9 Å². The van der Waals surface area contributed by atoms with Crippen LogP contribution in [0.1, 0.15) is 42.4 Å². The van der Waals surface area contributed by atoms with Crippen LogP contribution in [0.25, 0.3) is 0 Å². The van der Waals surface area contributed by atoms with Crippen molar-refractivity contribution in [1.82, 2.24) is 10.2 Å². The molecule has 0 spiro atoms. The number of halogens is 1. The molecule has 1 N–H and O–H groups in total. The van der Waals surface area contributed by atoms with Gasteiger partial charge in [0.1, 0.15) is 12.6 Å². The maximum atomic E-state index is 14.1. The molecule has 3 aromatic carbocycles. The molecule has 9 heteroatoms. The predicted octanol–water partition coefficient (Wildman–Crippen LogP) is 5.11. The topological polar surface area (TPSA) is 86.8 Å². The summed E-state index contributed by atoms with van der Waals surface area (Å²) in [6.07, 6.45) is 5.27. The minimum absolute atomic E-state index is 0.0670. The van der Waals surface area contributed by atoms with Gasteiger partial charge in [0.2, 0.25) is 21.8 Å². The predicted molar refractivity (Wildman–Crippen MR) is 160 cm³/mol. The van der Waals surface area contributed by atoms with Gasteiger partial charge < -0.3 is 10.2 Å². The number of carbonyl (C=O) groups is 2. The fourth-order valence-corrected chi connectivity index (χ4v) is 6.33. The van der Waals surface area contributed by atoms with Crippen LogP contribution in [0.2, 0.25) is 5.02 Å². The number of hydrogen-bond donors (Lipinski definition) is 1. The first kappa shape index (κ1) is 29.6. The molecule has 7 nitrogen and oxygen atoms in total. The van der Waals surface area contributed by atoms with Gasteiger partial charge in [-0.25, -0.2) is 8.42 Å². The second kappa shape index (κ2) is 13.3. The summed E-state index contributed by atoms with van der Waals surface area (Å²) in [4.78, 5) is 29.5. The fraction of sp³-hybridized carbons (Fsp3) is 0.355. The Morgan fingerprint density at radius 2 is 1.60 bits per heavy atom. The Bertz CT molecular complexity index is 1430. The summed E-state index contributed by atoms with van der Waals surface area (Å²) in [5.41, 5.74) is 2.99. The zero-order valence-electron chi connectivity index (χ0n) is 22.9. The van der Waals surface area contributed by atoms with Gasteiger partial charge >= 0.3 is 0 Å². The van der Waals surface area contributed by atoms with Crippen molar-refractivity contribution in [2.24, 2.45) is 0 Å². The van der Waals surface area contributed by atoms with Gasteiger partial charge in [0.05, 0.1) is 17.0 Å². The molecule has 0 heterocycles. The number of para-hydroxylation sites is 1. The summed E-state index contributed by atoms with van der Waals surface area (Å²) in [6, 6.07) is 23.0. The first-order chi connectivity index (χ1) is 19.1. The van der Waals surface area contributed by atoms with Crippen LogP contribution in [-0.4, -0.2) is 50.0 Å². The summed E-state index contributed by atoms with van der Waals surface area (Å²) < 4.78 is 26.8. The molecule has 1 atom stereocenters. The SMILES string of the molecule is Cc1cccc(CN(C(=O)CN(c2ccccc2Cl)S(C)(=O)=O)[C@H](Cc2ccccc2)C(=O)NC2CCCC2)c1. The highest BCUT2D eigenvalue weighted by atomic mass is 35.5. The molecule has 0 unspecified atom stereocenters. The number of anilines is 1. The lowest BCUT2D eigenvalue weighted by molar-refractivity contribution is -0.140. The maximum absolute atomic E-state index is 14.1. The molecule has 0 aromatic heterocycles. The van der Waals surface area contributed by atoms with Gasteiger partial charge in [0.25, 0.3) is 0 Å².